The molecule has 0 unspecified atom stereocenters. The van der Waals surface area contributed by atoms with Crippen molar-refractivity contribution in [2.75, 3.05) is 19.0 Å². The summed E-state index contributed by atoms with van der Waals surface area (Å²) >= 11 is 1.31. The number of benzene rings is 2. The highest BCUT2D eigenvalue weighted by molar-refractivity contribution is 7.22. The molecule has 0 radical (unpaired) electrons. The van der Waals surface area contributed by atoms with E-state index in [9.17, 15) is 14.0 Å². The van der Waals surface area contributed by atoms with Crippen LogP contribution in [0, 0.1) is 5.82 Å². The summed E-state index contributed by atoms with van der Waals surface area (Å²) in [6.07, 6.45) is 3.01. The molecular formula is C22H21FN2O4S. The zero-order valence-electron chi connectivity index (χ0n) is 16.4. The zero-order chi connectivity index (χ0) is 21.1. The van der Waals surface area contributed by atoms with Crippen molar-refractivity contribution in [3.63, 3.8) is 0 Å². The highest BCUT2D eigenvalue weighted by Crippen LogP contribution is 2.42. The fraction of sp³-hybridized carbons (Fsp3) is 0.318. The second-order valence-electron chi connectivity index (χ2n) is 7.27. The number of carbonyl (C=O) groups excluding carboxylic acids is 2. The van der Waals surface area contributed by atoms with Crippen LogP contribution in [0.3, 0.4) is 0 Å². The van der Waals surface area contributed by atoms with Crippen LogP contribution in [0.4, 0.5) is 9.52 Å². The lowest BCUT2D eigenvalue weighted by atomic mass is 9.79. The molecule has 4 rings (SSSR count). The lowest BCUT2D eigenvalue weighted by molar-refractivity contribution is -0.153. The number of anilines is 1. The number of halogens is 1. The van der Waals surface area contributed by atoms with Crippen LogP contribution in [-0.2, 0) is 19.7 Å². The quantitative estimate of drug-likeness (QED) is 0.588. The molecule has 0 aliphatic heterocycles. The molecule has 0 spiro atoms. The monoisotopic (exact) mass is 428 g/mol. The van der Waals surface area contributed by atoms with Crippen molar-refractivity contribution in [1.82, 2.24) is 4.98 Å². The molecule has 1 aliphatic rings. The lowest BCUT2D eigenvalue weighted by Gasteiger charge is -2.27. The first kappa shape index (κ1) is 20.3. The van der Waals surface area contributed by atoms with Crippen LogP contribution in [-0.4, -0.2) is 30.6 Å². The predicted octanol–water partition coefficient (Wildman–Crippen LogP) is 4.44. The summed E-state index contributed by atoms with van der Waals surface area (Å²) in [7, 11) is 1.59. The molecule has 0 saturated heterocycles. The Morgan fingerprint density at radius 1 is 1.17 bits per heavy atom. The van der Waals surface area contributed by atoms with Crippen molar-refractivity contribution >= 4 is 38.6 Å². The molecular weight excluding hydrogens is 407 g/mol. The van der Waals surface area contributed by atoms with Gasteiger partial charge in [0, 0.05) is 0 Å². The van der Waals surface area contributed by atoms with Crippen molar-refractivity contribution in [2.24, 2.45) is 0 Å². The molecule has 1 heterocycles. The predicted molar refractivity (Wildman–Crippen MR) is 112 cm³/mol. The van der Waals surface area contributed by atoms with E-state index in [-0.39, 0.29) is 5.82 Å². The van der Waals surface area contributed by atoms with Gasteiger partial charge in [-0.05, 0) is 48.7 Å². The maximum atomic E-state index is 13.3. The second kappa shape index (κ2) is 8.39. The van der Waals surface area contributed by atoms with Crippen LogP contribution in [0.1, 0.15) is 31.2 Å². The minimum absolute atomic E-state index is 0.354. The largest absolute Gasteiger partial charge is 0.497 e. The third-order valence-electron chi connectivity index (χ3n) is 5.42. The summed E-state index contributed by atoms with van der Waals surface area (Å²) in [5, 5.41) is 3.10. The van der Waals surface area contributed by atoms with E-state index >= 15 is 0 Å². The molecule has 30 heavy (non-hydrogen) atoms. The van der Waals surface area contributed by atoms with Gasteiger partial charge in [-0.2, -0.15) is 0 Å². The fourth-order valence-electron chi connectivity index (χ4n) is 3.87. The van der Waals surface area contributed by atoms with E-state index in [0.29, 0.717) is 23.7 Å². The van der Waals surface area contributed by atoms with Crippen LogP contribution < -0.4 is 10.1 Å². The Morgan fingerprint density at radius 3 is 2.60 bits per heavy atom. The van der Waals surface area contributed by atoms with E-state index in [2.05, 4.69) is 10.3 Å². The van der Waals surface area contributed by atoms with Gasteiger partial charge in [0.2, 0.25) is 0 Å². The smallest absolute Gasteiger partial charge is 0.317 e. The fourth-order valence-corrected chi connectivity index (χ4v) is 4.78. The maximum Gasteiger partial charge on any atom is 0.317 e. The number of nitrogens with zero attached hydrogens (tertiary/aromatic N) is 1. The summed E-state index contributed by atoms with van der Waals surface area (Å²) in [4.78, 5) is 29.6. The van der Waals surface area contributed by atoms with Crippen LogP contribution in [0.5, 0.6) is 5.75 Å². The van der Waals surface area contributed by atoms with Crippen molar-refractivity contribution in [2.45, 2.75) is 31.1 Å². The van der Waals surface area contributed by atoms with E-state index in [1.165, 1.54) is 23.5 Å². The molecule has 1 amide bonds. The van der Waals surface area contributed by atoms with Gasteiger partial charge in [-0.15, -0.1) is 0 Å². The highest BCUT2D eigenvalue weighted by Gasteiger charge is 2.44. The summed E-state index contributed by atoms with van der Waals surface area (Å²) in [6, 6.07) is 11.4. The molecule has 1 aliphatic carbocycles. The summed E-state index contributed by atoms with van der Waals surface area (Å²) in [6.45, 7) is -0.402. The number of ether oxygens (including phenoxy) is 2. The van der Waals surface area contributed by atoms with Crippen molar-refractivity contribution in [3.05, 3.63) is 53.8 Å². The van der Waals surface area contributed by atoms with Gasteiger partial charge in [0.25, 0.3) is 5.91 Å². The number of rotatable bonds is 6. The van der Waals surface area contributed by atoms with Gasteiger partial charge < -0.3 is 9.47 Å². The van der Waals surface area contributed by atoms with Crippen LogP contribution in [0.2, 0.25) is 0 Å². The van der Waals surface area contributed by atoms with Gasteiger partial charge in [0.05, 0.1) is 22.7 Å². The number of carbonyl (C=O) groups is 2. The maximum absolute atomic E-state index is 13.3. The van der Waals surface area contributed by atoms with E-state index in [1.54, 1.807) is 25.3 Å². The van der Waals surface area contributed by atoms with E-state index in [4.69, 9.17) is 9.47 Å². The third-order valence-corrected chi connectivity index (χ3v) is 6.35. The van der Waals surface area contributed by atoms with Gasteiger partial charge in [-0.25, -0.2) is 9.37 Å². The Bertz CT molecular complexity index is 1070. The molecule has 6 nitrogen and oxygen atoms in total. The molecule has 8 heteroatoms. The number of nitrogens with one attached hydrogen (secondary N) is 1. The Morgan fingerprint density at radius 2 is 1.90 bits per heavy atom. The normalized spacial score (nSPS) is 15.1. The number of thiazole rings is 1. The molecule has 2 aromatic carbocycles. The zero-order valence-corrected chi connectivity index (χ0v) is 17.3. The Balaban J connectivity index is 1.41. The van der Waals surface area contributed by atoms with Crippen molar-refractivity contribution in [1.29, 1.82) is 0 Å². The molecule has 1 aromatic heterocycles. The second-order valence-corrected chi connectivity index (χ2v) is 8.30. The first-order valence-corrected chi connectivity index (χ1v) is 10.5. The van der Waals surface area contributed by atoms with Crippen LogP contribution in [0.15, 0.2) is 42.5 Å². The van der Waals surface area contributed by atoms with Gasteiger partial charge in [0.1, 0.15) is 11.6 Å². The first-order valence-electron chi connectivity index (χ1n) is 9.68. The van der Waals surface area contributed by atoms with Crippen molar-refractivity contribution < 1.29 is 23.5 Å². The number of amides is 1. The van der Waals surface area contributed by atoms with Gasteiger partial charge in [-0.3, -0.25) is 14.9 Å². The lowest BCUT2D eigenvalue weighted by Crippen LogP contribution is -2.36. The number of hydrogen-bond acceptors (Lipinski definition) is 6. The molecule has 1 saturated carbocycles. The first-order chi connectivity index (χ1) is 14.5. The highest BCUT2D eigenvalue weighted by atomic mass is 32.1. The van der Waals surface area contributed by atoms with Crippen LogP contribution in [0.25, 0.3) is 10.2 Å². The molecule has 3 aromatic rings. The average Bonchev–Trinajstić information content (AvgIpc) is 3.39. The van der Waals surface area contributed by atoms with Crippen LogP contribution >= 0.6 is 11.3 Å². The van der Waals surface area contributed by atoms with Gasteiger partial charge >= 0.3 is 5.97 Å². The number of fused-ring (bicyclic) bond motifs is 1. The van der Waals surface area contributed by atoms with Crippen molar-refractivity contribution in [3.8, 4) is 5.75 Å². The Labute approximate surface area is 177 Å². The summed E-state index contributed by atoms with van der Waals surface area (Å²) in [5.74, 6) is -0.550. The number of hydrogen-bond donors (Lipinski definition) is 1. The SMILES string of the molecule is COc1ccc2nc(NC(=O)COC(=O)C3(c4ccc(F)cc4)CCCC3)sc2c1. The topological polar surface area (TPSA) is 77.5 Å². The van der Waals surface area contributed by atoms with E-state index in [1.807, 2.05) is 12.1 Å². The molecule has 156 valence electrons. The Hall–Kier alpha value is -3.00. The Kier molecular flexibility index (Phi) is 5.67. The molecule has 0 atom stereocenters. The van der Waals surface area contributed by atoms with Gasteiger partial charge in [0.15, 0.2) is 11.7 Å². The number of esters is 1. The van der Waals surface area contributed by atoms with E-state index < -0.39 is 23.9 Å². The summed E-state index contributed by atoms with van der Waals surface area (Å²) < 4.78 is 24.7. The summed E-state index contributed by atoms with van der Waals surface area (Å²) in [5.41, 5.74) is 0.654. The van der Waals surface area contributed by atoms with E-state index in [0.717, 1.165) is 28.6 Å². The van der Waals surface area contributed by atoms with Gasteiger partial charge in [-0.1, -0.05) is 36.3 Å². The number of methoxy groups -OCH3 is 1. The molecule has 0 bridgehead atoms. The minimum Gasteiger partial charge on any atom is -0.497 e. The molecule has 1 fully saturated rings. The number of aromatic nitrogens is 1. The molecule has 1 N–H and O–H groups in total. The standard InChI is InChI=1S/C22H21FN2O4S/c1-28-16-8-9-17-18(12-16)30-21(24-17)25-19(26)13-29-20(27)22(10-2-3-11-22)14-4-6-15(23)7-5-14/h4-9,12H,2-3,10-11,13H2,1H3,(H,24,25,26). The third kappa shape index (κ3) is 4.00. The minimum atomic E-state index is -0.819. The average molecular weight is 428 g/mol.